The summed E-state index contributed by atoms with van der Waals surface area (Å²) in [5.74, 6) is 4.09. The van der Waals surface area contributed by atoms with E-state index in [1.807, 2.05) is 24.3 Å². The van der Waals surface area contributed by atoms with Crippen molar-refractivity contribution in [2.75, 3.05) is 13.7 Å². The normalized spacial score (nSPS) is 13.3. The minimum Gasteiger partial charge on any atom is -0.493 e. The predicted molar refractivity (Wildman–Crippen MR) is 55.3 cm³/mol. The highest BCUT2D eigenvalue weighted by Gasteiger charge is 2.14. The van der Waals surface area contributed by atoms with Gasteiger partial charge in [-0.15, -0.1) is 6.42 Å². The van der Waals surface area contributed by atoms with Crippen LogP contribution in [-0.2, 0) is 0 Å². The highest BCUT2D eigenvalue weighted by atomic mass is 16.5. The van der Waals surface area contributed by atoms with Crippen LogP contribution < -0.4 is 9.47 Å². The van der Waals surface area contributed by atoms with Crippen molar-refractivity contribution >= 4 is 6.08 Å². The topological polar surface area (TPSA) is 18.5 Å². The van der Waals surface area contributed by atoms with E-state index >= 15 is 0 Å². The lowest BCUT2D eigenvalue weighted by molar-refractivity contribution is 0.318. The molecule has 0 N–H and O–H groups in total. The summed E-state index contributed by atoms with van der Waals surface area (Å²) in [5, 5.41) is 0. The molecule has 0 spiro atoms. The maximum absolute atomic E-state index is 5.51. The molecular formula is C12H10O2. The van der Waals surface area contributed by atoms with Crippen molar-refractivity contribution in [3.8, 4) is 23.8 Å². The third kappa shape index (κ3) is 1.33. The summed E-state index contributed by atoms with van der Waals surface area (Å²) in [5.41, 5.74) is 1.83. The zero-order valence-corrected chi connectivity index (χ0v) is 7.91. The van der Waals surface area contributed by atoms with Crippen LogP contribution in [0.2, 0.25) is 0 Å². The largest absolute Gasteiger partial charge is 0.493 e. The smallest absolute Gasteiger partial charge is 0.168 e. The van der Waals surface area contributed by atoms with Gasteiger partial charge in [0.15, 0.2) is 11.5 Å². The number of rotatable bonds is 1. The van der Waals surface area contributed by atoms with E-state index in [1.165, 1.54) is 0 Å². The molecule has 1 heterocycles. The average Bonchev–Trinajstić information content (AvgIpc) is 2.27. The van der Waals surface area contributed by atoms with E-state index in [9.17, 15) is 0 Å². The van der Waals surface area contributed by atoms with Gasteiger partial charge in [-0.2, -0.15) is 0 Å². The van der Waals surface area contributed by atoms with Crippen molar-refractivity contribution < 1.29 is 9.47 Å². The second-order valence-electron chi connectivity index (χ2n) is 2.98. The van der Waals surface area contributed by atoms with Crippen molar-refractivity contribution in [1.29, 1.82) is 0 Å². The lowest BCUT2D eigenvalue weighted by Gasteiger charge is -2.17. The standard InChI is InChI=1S/C12H10O2/c1-3-9-7-10-5-4-6-11(13-2)12(10)14-8-9/h1,4-7H,8H2,2H3. The van der Waals surface area contributed by atoms with Crippen LogP contribution in [0.4, 0.5) is 0 Å². The summed E-state index contributed by atoms with van der Waals surface area (Å²) in [6.07, 6.45) is 7.25. The van der Waals surface area contributed by atoms with Crippen molar-refractivity contribution in [2.24, 2.45) is 0 Å². The molecule has 1 aliphatic rings. The molecule has 0 aromatic heterocycles. The molecule has 0 bridgehead atoms. The first kappa shape index (κ1) is 8.71. The number of fused-ring (bicyclic) bond motifs is 1. The highest BCUT2D eigenvalue weighted by Crippen LogP contribution is 2.35. The number of ether oxygens (including phenoxy) is 2. The summed E-state index contributed by atoms with van der Waals surface area (Å²) in [4.78, 5) is 0. The number of hydrogen-bond acceptors (Lipinski definition) is 2. The Morgan fingerprint density at radius 3 is 3.07 bits per heavy atom. The van der Waals surface area contributed by atoms with Crippen LogP contribution in [0.1, 0.15) is 5.56 Å². The fourth-order valence-electron chi connectivity index (χ4n) is 1.42. The molecule has 14 heavy (non-hydrogen) atoms. The SMILES string of the molecule is C#CC1=Cc2cccc(OC)c2OC1. The third-order valence-electron chi connectivity index (χ3n) is 2.12. The van der Waals surface area contributed by atoms with Gasteiger partial charge in [-0.25, -0.2) is 0 Å². The Labute approximate surface area is 83.2 Å². The monoisotopic (exact) mass is 186 g/mol. The first-order valence-corrected chi connectivity index (χ1v) is 4.32. The summed E-state index contributed by atoms with van der Waals surface area (Å²) in [6.45, 7) is 0.448. The van der Waals surface area contributed by atoms with E-state index in [-0.39, 0.29) is 0 Å². The van der Waals surface area contributed by atoms with Crippen LogP contribution in [0.15, 0.2) is 23.8 Å². The van der Waals surface area contributed by atoms with Gasteiger partial charge in [-0.3, -0.25) is 0 Å². The first-order chi connectivity index (χ1) is 6.85. The molecule has 0 unspecified atom stereocenters. The van der Waals surface area contributed by atoms with Gasteiger partial charge in [0.2, 0.25) is 0 Å². The van der Waals surface area contributed by atoms with E-state index in [0.717, 1.165) is 22.6 Å². The number of benzene rings is 1. The van der Waals surface area contributed by atoms with Gasteiger partial charge in [0, 0.05) is 11.1 Å². The molecular weight excluding hydrogens is 176 g/mol. The molecule has 0 amide bonds. The van der Waals surface area contributed by atoms with Crippen LogP contribution in [0, 0.1) is 12.3 Å². The summed E-state index contributed by atoms with van der Waals surface area (Å²) >= 11 is 0. The zero-order valence-electron chi connectivity index (χ0n) is 7.91. The maximum atomic E-state index is 5.51. The third-order valence-corrected chi connectivity index (χ3v) is 2.12. The van der Waals surface area contributed by atoms with Gasteiger partial charge >= 0.3 is 0 Å². The predicted octanol–water partition coefficient (Wildman–Crippen LogP) is 2.10. The first-order valence-electron chi connectivity index (χ1n) is 4.32. The van der Waals surface area contributed by atoms with Gasteiger partial charge in [0.25, 0.3) is 0 Å². The molecule has 2 rings (SSSR count). The molecule has 0 fully saturated rings. The molecule has 0 aliphatic carbocycles. The second-order valence-corrected chi connectivity index (χ2v) is 2.98. The van der Waals surface area contributed by atoms with E-state index < -0.39 is 0 Å². The van der Waals surface area contributed by atoms with Crippen LogP contribution in [0.3, 0.4) is 0 Å². The van der Waals surface area contributed by atoms with Gasteiger partial charge in [0.1, 0.15) is 6.61 Å². The van der Waals surface area contributed by atoms with E-state index in [1.54, 1.807) is 7.11 Å². The number of para-hydroxylation sites is 1. The Balaban J connectivity index is 2.52. The van der Waals surface area contributed by atoms with Crippen LogP contribution >= 0.6 is 0 Å². The molecule has 0 saturated carbocycles. The number of terminal acetylenes is 1. The molecule has 1 aromatic carbocycles. The Hall–Kier alpha value is -1.88. The second kappa shape index (κ2) is 3.47. The average molecular weight is 186 g/mol. The van der Waals surface area contributed by atoms with Crippen molar-refractivity contribution in [3.05, 3.63) is 29.3 Å². The van der Waals surface area contributed by atoms with Crippen LogP contribution in [0.5, 0.6) is 11.5 Å². The molecule has 2 nitrogen and oxygen atoms in total. The van der Waals surface area contributed by atoms with Gasteiger partial charge < -0.3 is 9.47 Å². The molecule has 1 aliphatic heterocycles. The van der Waals surface area contributed by atoms with E-state index in [0.29, 0.717) is 6.61 Å². The zero-order chi connectivity index (χ0) is 9.97. The van der Waals surface area contributed by atoms with Gasteiger partial charge in [-0.05, 0) is 12.1 Å². The van der Waals surface area contributed by atoms with Gasteiger partial charge in [-0.1, -0.05) is 18.1 Å². The summed E-state index contributed by atoms with van der Waals surface area (Å²) in [6, 6.07) is 5.73. The van der Waals surface area contributed by atoms with Crippen molar-refractivity contribution in [1.82, 2.24) is 0 Å². The fraction of sp³-hybridized carbons (Fsp3) is 0.167. The van der Waals surface area contributed by atoms with Crippen molar-refractivity contribution in [3.63, 3.8) is 0 Å². The molecule has 70 valence electrons. The Bertz CT molecular complexity index is 424. The summed E-state index contributed by atoms with van der Waals surface area (Å²) in [7, 11) is 1.62. The molecule has 0 radical (unpaired) electrons. The molecule has 0 atom stereocenters. The molecule has 2 heteroatoms. The quantitative estimate of drug-likeness (QED) is 0.625. The summed E-state index contributed by atoms with van der Waals surface area (Å²) < 4.78 is 10.7. The van der Waals surface area contributed by atoms with Crippen LogP contribution in [-0.4, -0.2) is 13.7 Å². The van der Waals surface area contributed by atoms with Crippen LogP contribution in [0.25, 0.3) is 6.08 Å². The van der Waals surface area contributed by atoms with Gasteiger partial charge in [0.05, 0.1) is 7.11 Å². The molecule has 1 aromatic rings. The van der Waals surface area contributed by atoms with E-state index in [4.69, 9.17) is 15.9 Å². The Morgan fingerprint density at radius 2 is 2.36 bits per heavy atom. The molecule has 0 saturated heterocycles. The minimum absolute atomic E-state index is 0.448. The maximum Gasteiger partial charge on any atom is 0.168 e. The fourth-order valence-corrected chi connectivity index (χ4v) is 1.42. The highest BCUT2D eigenvalue weighted by molar-refractivity contribution is 5.68. The Kier molecular flexibility index (Phi) is 2.16. The Morgan fingerprint density at radius 1 is 1.50 bits per heavy atom. The van der Waals surface area contributed by atoms with Crippen molar-refractivity contribution in [2.45, 2.75) is 0 Å². The van der Waals surface area contributed by atoms with E-state index in [2.05, 4.69) is 5.92 Å². The minimum atomic E-state index is 0.448. The number of hydrogen-bond donors (Lipinski definition) is 0. The lowest BCUT2D eigenvalue weighted by Crippen LogP contribution is -2.07. The lowest BCUT2D eigenvalue weighted by atomic mass is 10.1. The number of methoxy groups -OCH3 is 1.